The van der Waals surface area contributed by atoms with Crippen LogP contribution in [0.25, 0.3) is 21.8 Å². The number of aromatic nitrogens is 2. The molecule has 1 saturated heterocycles. The van der Waals surface area contributed by atoms with Gasteiger partial charge in [0.15, 0.2) is 0 Å². The summed E-state index contributed by atoms with van der Waals surface area (Å²) in [5.41, 5.74) is 9.14. The zero-order valence-electron chi connectivity index (χ0n) is 19.2. The Kier molecular flexibility index (Phi) is 6.29. The zero-order valence-corrected chi connectivity index (χ0v) is 19.2. The number of hydrogen-bond donors (Lipinski definition) is 4. The van der Waals surface area contributed by atoms with Crippen LogP contribution in [-0.2, 0) is 23.9 Å². The van der Waals surface area contributed by atoms with Crippen LogP contribution in [0.2, 0.25) is 0 Å². The Hall–Kier alpha value is -3.30. The van der Waals surface area contributed by atoms with E-state index in [0.717, 1.165) is 54.0 Å². The highest BCUT2D eigenvalue weighted by atomic mass is 19.4. The van der Waals surface area contributed by atoms with Crippen LogP contribution in [-0.4, -0.2) is 45.9 Å². The summed E-state index contributed by atoms with van der Waals surface area (Å²) in [5.74, 6) is -0.162. The minimum atomic E-state index is -4.37. The van der Waals surface area contributed by atoms with Gasteiger partial charge in [-0.05, 0) is 54.7 Å². The molecule has 1 aliphatic rings. The monoisotopic (exact) mass is 483 g/mol. The molecule has 9 heteroatoms. The Labute approximate surface area is 200 Å². The van der Waals surface area contributed by atoms with E-state index in [2.05, 4.69) is 20.2 Å². The summed E-state index contributed by atoms with van der Waals surface area (Å²) in [6.45, 7) is 2.05. The number of carbonyl (C=O) groups excluding carboxylic acids is 1. The maximum atomic E-state index is 13.1. The number of piperidine rings is 1. The molecule has 0 unspecified atom stereocenters. The fraction of sp³-hybridized carbons (Fsp3) is 0.346. The first-order valence-electron chi connectivity index (χ1n) is 11.8. The van der Waals surface area contributed by atoms with Gasteiger partial charge in [0.1, 0.15) is 0 Å². The van der Waals surface area contributed by atoms with Gasteiger partial charge in [-0.1, -0.05) is 18.2 Å². The number of hydrogen-bond acceptors (Lipinski definition) is 3. The van der Waals surface area contributed by atoms with Gasteiger partial charge in [-0.2, -0.15) is 13.2 Å². The van der Waals surface area contributed by atoms with Crippen LogP contribution in [0.5, 0.6) is 0 Å². The Morgan fingerprint density at radius 1 is 1.03 bits per heavy atom. The fourth-order valence-corrected chi connectivity index (χ4v) is 4.90. The summed E-state index contributed by atoms with van der Waals surface area (Å²) in [6.07, 6.45) is 1.30. The molecule has 5 rings (SSSR count). The molecule has 0 saturated carbocycles. The van der Waals surface area contributed by atoms with Crippen LogP contribution in [0.15, 0.2) is 54.9 Å². The molecule has 184 valence electrons. The number of rotatable bonds is 6. The molecule has 1 atom stereocenters. The lowest BCUT2D eigenvalue weighted by Crippen LogP contribution is -2.50. The van der Waals surface area contributed by atoms with Crippen molar-refractivity contribution >= 4 is 27.7 Å². The Morgan fingerprint density at radius 2 is 1.71 bits per heavy atom. The third-order valence-corrected chi connectivity index (χ3v) is 6.87. The van der Waals surface area contributed by atoms with Crippen molar-refractivity contribution in [3.05, 3.63) is 71.5 Å². The van der Waals surface area contributed by atoms with E-state index in [9.17, 15) is 18.0 Å². The normalized spacial score (nSPS) is 16.7. The summed E-state index contributed by atoms with van der Waals surface area (Å²) in [7, 11) is 0. The zero-order chi connectivity index (χ0) is 24.6. The standard InChI is InChI=1S/C26H28F3N5O/c27-26(28,29)18-5-6-24-21(12-18)17(14-32-24)15-34-9-7-19(8-10-34)33-25(35)22(30)11-16-13-31-23-4-2-1-3-20(16)23/h1-6,12-14,19,22,31-32H,7-11,15,30H2,(H,33,35)/t22-/m0/s1. The van der Waals surface area contributed by atoms with Crippen molar-refractivity contribution in [1.82, 2.24) is 20.2 Å². The van der Waals surface area contributed by atoms with Crippen LogP contribution >= 0.6 is 0 Å². The molecular weight excluding hydrogens is 455 g/mol. The number of amides is 1. The van der Waals surface area contributed by atoms with Gasteiger partial charge in [-0.25, -0.2) is 0 Å². The maximum absolute atomic E-state index is 13.1. The molecule has 0 radical (unpaired) electrons. The minimum Gasteiger partial charge on any atom is -0.361 e. The average molecular weight is 484 g/mol. The van der Waals surface area contributed by atoms with Gasteiger partial charge in [0.05, 0.1) is 11.6 Å². The highest BCUT2D eigenvalue weighted by Gasteiger charge is 2.31. The smallest absolute Gasteiger partial charge is 0.361 e. The lowest BCUT2D eigenvalue weighted by atomic mass is 10.0. The van der Waals surface area contributed by atoms with Crippen LogP contribution in [0.3, 0.4) is 0 Å². The number of halogens is 3. The van der Waals surface area contributed by atoms with E-state index in [1.165, 1.54) is 12.1 Å². The number of aromatic amines is 2. The number of carbonyl (C=O) groups is 1. The number of nitrogens with two attached hydrogens (primary N) is 1. The lowest BCUT2D eigenvalue weighted by Gasteiger charge is -2.32. The van der Waals surface area contributed by atoms with Gasteiger partial charge in [0.2, 0.25) is 5.91 Å². The summed E-state index contributed by atoms with van der Waals surface area (Å²) in [6, 6.07) is 11.1. The van der Waals surface area contributed by atoms with Gasteiger partial charge in [0, 0.05) is 59.9 Å². The molecule has 0 bridgehead atoms. The summed E-state index contributed by atoms with van der Waals surface area (Å²) >= 11 is 0. The Morgan fingerprint density at radius 3 is 2.46 bits per heavy atom. The quantitative estimate of drug-likeness (QED) is 0.329. The van der Waals surface area contributed by atoms with E-state index in [-0.39, 0.29) is 11.9 Å². The number of H-pyrrole nitrogens is 2. The number of alkyl halides is 3. The van der Waals surface area contributed by atoms with Crippen LogP contribution < -0.4 is 11.1 Å². The molecule has 35 heavy (non-hydrogen) atoms. The SMILES string of the molecule is N[C@@H](Cc1c[nH]c2ccccc12)C(=O)NC1CCN(Cc2c[nH]c3ccc(C(F)(F)F)cc23)CC1. The second kappa shape index (κ2) is 9.39. The van der Waals surface area contributed by atoms with Crippen molar-refractivity contribution in [2.45, 2.75) is 44.1 Å². The number of para-hydroxylation sites is 1. The average Bonchev–Trinajstić information content (AvgIpc) is 3.43. The van der Waals surface area contributed by atoms with E-state index in [1.807, 2.05) is 30.5 Å². The molecule has 1 aliphatic heterocycles. The second-order valence-electron chi connectivity index (χ2n) is 9.30. The summed E-state index contributed by atoms with van der Waals surface area (Å²) in [4.78, 5) is 21.2. The van der Waals surface area contributed by atoms with Crippen LogP contribution in [0, 0.1) is 0 Å². The molecule has 2 aromatic carbocycles. The van der Waals surface area contributed by atoms with Gasteiger partial charge in [-0.15, -0.1) is 0 Å². The molecule has 6 nitrogen and oxygen atoms in total. The van der Waals surface area contributed by atoms with Crippen molar-refractivity contribution in [3.8, 4) is 0 Å². The van der Waals surface area contributed by atoms with Crippen molar-refractivity contribution < 1.29 is 18.0 Å². The van der Waals surface area contributed by atoms with Crippen molar-refractivity contribution in [2.75, 3.05) is 13.1 Å². The molecule has 5 N–H and O–H groups in total. The molecule has 3 heterocycles. The van der Waals surface area contributed by atoms with E-state index in [4.69, 9.17) is 5.73 Å². The molecule has 4 aromatic rings. The molecular formula is C26H28F3N5O. The topological polar surface area (TPSA) is 89.9 Å². The molecule has 2 aromatic heterocycles. The third-order valence-electron chi connectivity index (χ3n) is 6.87. The van der Waals surface area contributed by atoms with Gasteiger partial charge < -0.3 is 21.0 Å². The van der Waals surface area contributed by atoms with Gasteiger partial charge in [-0.3, -0.25) is 9.69 Å². The highest BCUT2D eigenvalue weighted by molar-refractivity contribution is 5.86. The fourth-order valence-electron chi connectivity index (χ4n) is 4.90. The number of benzene rings is 2. The summed E-state index contributed by atoms with van der Waals surface area (Å²) in [5, 5.41) is 4.75. The predicted octanol–water partition coefficient (Wildman–Crippen LogP) is 4.32. The first kappa shape index (κ1) is 23.4. The van der Waals surface area contributed by atoms with E-state index in [1.54, 1.807) is 6.20 Å². The molecule has 0 spiro atoms. The Balaban J connectivity index is 1.15. The predicted molar refractivity (Wildman–Crippen MR) is 130 cm³/mol. The van der Waals surface area contributed by atoms with E-state index in [0.29, 0.717) is 23.9 Å². The first-order chi connectivity index (χ1) is 16.8. The van der Waals surface area contributed by atoms with E-state index >= 15 is 0 Å². The highest BCUT2D eigenvalue weighted by Crippen LogP contribution is 2.32. The van der Waals surface area contributed by atoms with Gasteiger partial charge >= 0.3 is 6.18 Å². The van der Waals surface area contributed by atoms with Crippen molar-refractivity contribution in [2.24, 2.45) is 5.73 Å². The number of likely N-dealkylation sites (tertiary alicyclic amines) is 1. The first-order valence-corrected chi connectivity index (χ1v) is 11.8. The Bertz CT molecular complexity index is 1330. The lowest BCUT2D eigenvalue weighted by molar-refractivity contribution is -0.137. The van der Waals surface area contributed by atoms with Crippen molar-refractivity contribution in [1.29, 1.82) is 0 Å². The van der Waals surface area contributed by atoms with Gasteiger partial charge in [0.25, 0.3) is 0 Å². The summed E-state index contributed by atoms with van der Waals surface area (Å²) < 4.78 is 39.4. The molecule has 0 aliphatic carbocycles. The second-order valence-corrected chi connectivity index (χ2v) is 9.30. The van der Waals surface area contributed by atoms with Crippen LogP contribution in [0.4, 0.5) is 13.2 Å². The third kappa shape index (κ3) is 5.06. The maximum Gasteiger partial charge on any atom is 0.416 e. The largest absolute Gasteiger partial charge is 0.416 e. The molecule has 1 fully saturated rings. The number of fused-ring (bicyclic) bond motifs is 2. The van der Waals surface area contributed by atoms with Crippen molar-refractivity contribution in [3.63, 3.8) is 0 Å². The molecule has 1 amide bonds. The minimum absolute atomic E-state index is 0.0348. The number of nitrogens with one attached hydrogen (secondary N) is 3. The number of nitrogens with zero attached hydrogens (tertiary/aromatic N) is 1. The van der Waals surface area contributed by atoms with E-state index < -0.39 is 17.8 Å². The van der Waals surface area contributed by atoms with Crippen LogP contribution in [0.1, 0.15) is 29.5 Å².